The largest absolute Gasteiger partial charge is 0.377 e. The molecule has 2 nitrogen and oxygen atoms in total. The molecule has 0 fully saturated rings. The molecule has 0 aromatic rings. The van der Waals surface area contributed by atoms with E-state index < -0.39 is 0 Å². The van der Waals surface area contributed by atoms with E-state index in [1.54, 1.807) is 0 Å². The standard InChI is InChI=1S/C7H17NO/c1-4-7(8)6(3)9-5-2/h6-7H,4-5,8H2,1-3H3/t6?,7-/m0/s1. The van der Waals surface area contributed by atoms with Crippen LogP contribution in [0.25, 0.3) is 0 Å². The Hall–Kier alpha value is -0.0800. The van der Waals surface area contributed by atoms with Gasteiger partial charge in [-0.1, -0.05) is 6.92 Å². The van der Waals surface area contributed by atoms with Crippen LogP contribution in [0.5, 0.6) is 0 Å². The van der Waals surface area contributed by atoms with Gasteiger partial charge in [0.2, 0.25) is 0 Å². The van der Waals surface area contributed by atoms with Gasteiger partial charge in [-0.05, 0) is 20.3 Å². The zero-order chi connectivity index (χ0) is 7.28. The minimum atomic E-state index is 0.199. The van der Waals surface area contributed by atoms with Crippen molar-refractivity contribution in [3.8, 4) is 0 Å². The highest BCUT2D eigenvalue weighted by Gasteiger charge is 2.08. The summed E-state index contributed by atoms with van der Waals surface area (Å²) in [5.74, 6) is 0. The number of nitrogens with two attached hydrogens (primary N) is 1. The molecule has 0 aromatic carbocycles. The van der Waals surface area contributed by atoms with Crippen molar-refractivity contribution in [2.75, 3.05) is 6.61 Å². The van der Waals surface area contributed by atoms with Crippen molar-refractivity contribution in [1.29, 1.82) is 0 Å². The highest BCUT2D eigenvalue weighted by atomic mass is 16.5. The summed E-state index contributed by atoms with van der Waals surface area (Å²) >= 11 is 0. The Morgan fingerprint density at radius 1 is 1.44 bits per heavy atom. The highest BCUT2D eigenvalue weighted by molar-refractivity contribution is 4.65. The summed E-state index contributed by atoms with van der Waals surface area (Å²) in [5.41, 5.74) is 5.68. The molecule has 0 saturated carbocycles. The van der Waals surface area contributed by atoms with Gasteiger partial charge in [0, 0.05) is 12.6 Å². The maximum absolute atomic E-state index is 5.68. The molecular formula is C7H17NO. The average molecular weight is 131 g/mol. The Balaban J connectivity index is 3.32. The lowest BCUT2D eigenvalue weighted by Crippen LogP contribution is -2.33. The number of rotatable bonds is 4. The first-order valence-corrected chi connectivity index (χ1v) is 3.59. The molecule has 0 rings (SSSR count). The molecule has 2 N–H and O–H groups in total. The molecule has 2 atom stereocenters. The van der Waals surface area contributed by atoms with Crippen LogP contribution in [-0.2, 0) is 4.74 Å². The zero-order valence-corrected chi connectivity index (χ0v) is 6.55. The van der Waals surface area contributed by atoms with E-state index in [0.29, 0.717) is 0 Å². The molecule has 0 aliphatic heterocycles. The van der Waals surface area contributed by atoms with E-state index in [2.05, 4.69) is 6.92 Å². The van der Waals surface area contributed by atoms with Gasteiger partial charge < -0.3 is 10.5 Å². The summed E-state index contributed by atoms with van der Waals surface area (Å²) in [6.45, 7) is 6.82. The second-order valence-electron chi connectivity index (χ2n) is 2.23. The molecule has 0 bridgehead atoms. The monoisotopic (exact) mass is 131 g/mol. The fourth-order valence-corrected chi connectivity index (χ4v) is 0.718. The normalized spacial score (nSPS) is 17.3. The first-order valence-electron chi connectivity index (χ1n) is 3.59. The van der Waals surface area contributed by atoms with Crippen LogP contribution in [0, 0.1) is 0 Å². The van der Waals surface area contributed by atoms with Gasteiger partial charge in [0.25, 0.3) is 0 Å². The second kappa shape index (κ2) is 4.77. The summed E-state index contributed by atoms with van der Waals surface area (Å²) < 4.78 is 5.27. The molecule has 0 aliphatic carbocycles. The zero-order valence-electron chi connectivity index (χ0n) is 6.55. The summed E-state index contributed by atoms with van der Waals surface area (Å²) in [4.78, 5) is 0. The fourth-order valence-electron chi connectivity index (χ4n) is 0.718. The Morgan fingerprint density at radius 3 is 2.33 bits per heavy atom. The molecule has 0 radical (unpaired) electrons. The molecule has 0 amide bonds. The van der Waals surface area contributed by atoms with Gasteiger partial charge in [-0.25, -0.2) is 0 Å². The third-order valence-electron chi connectivity index (χ3n) is 1.50. The maximum Gasteiger partial charge on any atom is 0.0697 e. The van der Waals surface area contributed by atoms with Gasteiger partial charge in [-0.3, -0.25) is 0 Å². The van der Waals surface area contributed by atoms with Gasteiger partial charge in [-0.2, -0.15) is 0 Å². The Bertz CT molecular complexity index is 65.9. The SMILES string of the molecule is CCOC(C)[C@@H](N)CC. The van der Waals surface area contributed by atoms with Crippen LogP contribution in [0.3, 0.4) is 0 Å². The van der Waals surface area contributed by atoms with Gasteiger partial charge >= 0.3 is 0 Å². The predicted octanol–water partition coefficient (Wildman–Crippen LogP) is 1.15. The van der Waals surface area contributed by atoms with Crippen LogP contribution in [-0.4, -0.2) is 18.8 Å². The van der Waals surface area contributed by atoms with Gasteiger partial charge in [0.1, 0.15) is 0 Å². The molecule has 2 heteroatoms. The molecule has 1 unspecified atom stereocenters. The van der Waals surface area contributed by atoms with Crippen LogP contribution in [0.15, 0.2) is 0 Å². The summed E-state index contributed by atoms with van der Waals surface area (Å²) in [7, 11) is 0. The molecule has 0 heterocycles. The van der Waals surface area contributed by atoms with E-state index in [9.17, 15) is 0 Å². The molecule has 0 aliphatic rings. The first-order chi connectivity index (χ1) is 4.22. The van der Waals surface area contributed by atoms with E-state index in [4.69, 9.17) is 10.5 Å². The van der Waals surface area contributed by atoms with Crippen molar-refractivity contribution in [1.82, 2.24) is 0 Å². The maximum atomic E-state index is 5.68. The van der Waals surface area contributed by atoms with Crippen molar-refractivity contribution in [3.63, 3.8) is 0 Å². The van der Waals surface area contributed by atoms with Crippen LogP contribution in [0.2, 0.25) is 0 Å². The summed E-state index contributed by atoms with van der Waals surface area (Å²) in [6, 6.07) is 0.199. The molecule has 0 saturated heterocycles. The minimum Gasteiger partial charge on any atom is -0.377 e. The van der Waals surface area contributed by atoms with Gasteiger partial charge in [0.05, 0.1) is 6.10 Å². The molecule has 56 valence electrons. The smallest absolute Gasteiger partial charge is 0.0697 e. The Kier molecular flexibility index (Phi) is 4.72. The van der Waals surface area contributed by atoms with Crippen LogP contribution >= 0.6 is 0 Å². The third-order valence-corrected chi connectivity index (χ3v) is 1.50. The van der Waals surface area contributed by atoms with E-state index in [1.807, 2.05) is 13.8 Å². The molecule has 0 spiro atoms. The lowest BCUT2D eigenvalue weighted by Gasteiger charge is -2.17. The van der Waals surface area contributed by atoms with Crippen LogP contribution in [0.4, 0.5) is 0 Å². The average Bonchev–Trinajstić information content (AvgIpc) is 1.87. The van der Waals surface area contributed by atoms with E-state index in [-0.39, 0.29) is 12.1 Å². The van der Waals surface area contributed by atoms with E-state index in [0.717, 1.165) is 13.0 Å². The lowest BCUT2D eigenvalue weighted by molar-refractivity contribution is 0.0568. The number of hydrogen-bond acceptors (Lipinski definition) is 2. The molecule has 9 heavy (non-hydrogen) atoms. The molecule has 0 aromatic heterocycles. The highest BCUT2D eigenvalue weighted by Crippen LogP contribution is 1.98. The minimum absolute atomic E-state index is 0.199. The number of ether oxygens (including phenoxy) is 1. The van der Waals surface area contributed by atoms with Gasteiger partial charge in [-0.15, -0.1) is 0 Å². The van der Waals surface area contributed by atoms with Crippen molar-refractivity contribution in [3.05, 3.63) is 0 Å². The van der Waals surface area contributed by atoms with Crippen molar-refractivity contribution in [2.24, 2.45) is 5.73 Å². The Labute approximate surface area is 57.4 Å². The van der Waals surface area contributed by atoms with Gasteiger partial charge in [0.15, 0.2) is 0 Å². The second-order valence-corrected chi connectivity index (χ2v) is 2.23. The van der Waals surface area contributed by atoms with Crippen molar-refractivity contribution < 1.29 is 4.74 Å². The van der Waals surface area contributed by atoms with E-state index >= 15 is 0 Å². The van der Waals surface area contributed by atoms with Crippen LogP contribution < -0.4 is 5.73 Å². The van der Waals surface area contributed by atoms with E-state index in [1.165, 1.54) is 0 Å². The summed E-state index contributed by atoms with van der Waals surface area (Å²) in [5, 5.41) is 0. The van der Waals surface area contributed by atoms with Crippen LogP contribution in [0.1, 0.15) is 27.2 Å². The third kappa shape index (κ3) is 3.49. The molecular weight excluding hydrogens is 114 g/mol. The van der Waals surface area contributed by atoms with Crippen molar-refractivity contribution >= 4 is 0 Å². The quantitative estimate of drug-likeness (QED) is 0.621. The summed E-state index contributed by atoms with van der Waals surface area (Å²) in [6.07, 6.45) is 1.20. The predicted molar refractivity (Wildman–Crippen MR) is 39.4 cm³/mol. The van der Waals surface area contributed by atoms with Crippen molar-refractivity contribution in [2.45, 2.75) is 39.3 Å². The lowest BCUT2D eigenvalue weighted by atomic mass is 10.1. The first kappa shape index (κ1) is 8.92. The topological polar surface area (TPSA) is 35.2 Å². The fraction of sp³-hybridized carbons (Fsp3) is 1.00. The number of hydrogen-bond donors (Lipinski definition) is 1. The Morgan fingerprint density at radius 2 is 2.00 bits per heavy atom.